The molecule has 0 N–H and O–H groups in total. The van der Waals surface area contributed by atoms with E-state index in [4.69, 9.17) is 9.31 Å². The molecule has 7 heteroatoms. The molecule has 2 saturated heterocycles. The van der Waals surface area contributed by atoms with Gasteiger partial charge in [0.15, 0.2) is 0 Å². The maximum Gasteiger partial charge on any atom is 0.494 e. The lowest BCUT2D eigenvalue weighted by Crippen LogP contribution is -2.43. The second-order valence-electron chi connectivity index (χ2n) is 7.99. The SMILES string of the molecule is CN1CCN(N(C)C(=O)c2ccc(B3OC(C)(C)C(C)(C)O3)cc2)C1. The van der Waals surface area contributed by atoms with Gasteiger partial charge in [-0.05, 0) is 52.3 Å². The summed E-state index contributed by atoms with van der Waals surface area (Å²) >= 11 is 0. The molecule has 0 bridgehead atoms. The summed E-state index contributed by atoms with van der Waals surface area (Å²) in [4.78, 5) is 14.9. The maximum atomic E-state index is 12.7. The fourth-order valence-corrected chi connectivity index (χ4v) is 3.03. The average Bonchev–Trinajstić information content (AvgIpc) is 3.07. The molecule has 2 aliphatic heterocycles. The highest BCUT2D eigenvalue weighted by molar-refractivity contribution is 6.62. The van der Waals surface area contributed by atoms with Crippen molar-refractivity contribution in [2.24, 2.45) is 0 Å². The van der Waals surface area contributed by atoms with Crippen molar-refractivity contribution in [3.05, 3.63) is 29.8 Å². The molecule has 136 valence electrons. The number of hydrogen-bond acceptors (Lipinski definition) is 5. The number of likely N-dealkylation sites (N-methyl/N-ethyl adjacent to an activating group) is 1. The van der Waals surface area contributed by atoms with Crippen LogP contribution in [0.2, 0.25) is 0 Å². The van der Waals surface area contributed by atoms with E-state index < -0.39 is 7.12 Å². The van der Waals surface area contributed by atoms with Gasteiger partial charge in [-0.25, -0.2) is 5.01 Å². The van der Waals surface area contributed by atoms with Gasteiger partial charge in [0.25, 0.3) is 5.91 Å². The number of nitrogens with zero attached hydrogens (tertiary/aromatic N) is 3. The normalized spacial score (nSPS) is 23.2. The highest BCUT2D eigenvalue weighted by Gasteiger charge is 2.51. The van der Waals surface area contributed by atoms with Crippen molar-refractivity contribution in [2.45, 2.75) is 38.9 Å². The Balaban J connectivity index is 1.69. The molecule has 0 spiro atoms. The molecule has 0 unspecified atom stereocenters. The largest absolute Gasteiger partial charge is 0.494 e. The zero-order valence-corrected chi connectivity index (χ0v) is 16.1. The molecular formula is C18H28BN3O3. The minimum Gasteiger partial charge on any atom is -0.399 e. The minimum absolute atomic E-state index is 0.00392. The van der Waals surface area contributed by atoms with Gasteiger partial charge in [-0.1, -0.05) is 12.1 Å². The highest BCUT2D eigenvalue weighted by Crippen LogP contribution is 2.36. The van der Waals surface area contributed by atoms with Crippen LogP contribution in [0.1, 0.15) is 38.1 Å². The van der Waals surface area contributed by atoms with Crippen LogP contribution in [0.3, 0.4) is 0 Å². The van der Waals surface area contributed by atoms with Crippen LogP contribution < -0.4 is 5.46 Å². The molecule has 2 fully saturated rings. The third kappa shape index (κ3) is 3.46. The van der Waals surface area contributed by atoms with E-state index in [-0.39, 0.29) is 17.1 Å². The Morgan fingerprint density at radius 2 is 1.64 bits per heavy atom. The highest BCUT2D eigenvalue weighted by atomic mass is 16.7. The summed E-state index contributed by atoms with van der Waals surface area (Å²) in [6.07, 6.45) is 0. The second kappa shape index (κ2) is 6.39. The Bertz CT molecular complexity index is 631. The van der Waals surface area contributed by atoms with Crippen LogP contribution in [0.5, 0.6) is 0 Å². The molecule has 1 amide bonds. The van der Waals surface area contributed by atoms with E-state index in [1.807, 2.05) is 64.0 Å². The van der Waals surface area contributed by atoms with Gasteiger partial charge in [0, 0.05) is 25.7 Å². The third-order valence-electron chi connectivity index (χ3n) is 5.55. The van der Waals surface area contributed by atoms with Crippen molar-refractivity contribution in [1.82, 2.24) is 14.9 Å². The average molecular weight is 345 g/mol. The van der Waals surface area contributed by atoms with Crippen LogP contribution in [0.25, 0.3) is 0 Å². The number of benzene rings is 1. The van der Waals surface area contributed by atoms with Gasteiger partial charge >= 0.3 is 7.12 Å². The number of amides is 1. The van der Waals surface area contributed by atoms with E-state index in [1.165, 1.54) is 0 Å². The Morgan fingerprint density at radius 1 is 1.08 bits per heavy atom. The molecule has 0 aromatic heterocycles. The standard InChI is InChI=1S/C18H28BN3O3/c1-17(2)18(3,4)25-19(24-17)15-9-7-14(8-10-15)16(23)21(6)22-12-11-20(5)13-22/h7-10H,11-13H2,1-6H3. The quantitative estimate of drug-likeness (QED) is 0.770. The summed E-state index contributed by atoms with van der Waals surface area (Å²) in [6.45, 7) is 10.7. The molecule has 2 aliphatic rings. The lowest BCUT2D eigenvalue weighted by Gasteiger charge is -2.32. The smallest absolute Gasteiger partial charge is 0.399 e. The van der Waals surface area contributed by atoms with E-state index >= 15 is 0 Å². The van der Waals surface area contributed by atoms with Crippen molar-refractivity contribution in [2.75, 3.05) is 33.9 Å². The van der Waals surface area contributed by atoms with Crippen LogP contribution >= 0.6 is 0 Å². The van der Waals surface area contributed by atoms with Crippen LogP contribution in [-0.4, -0.2) is 73.0 Å². The van der Waals surface area contributed by atoms with Gasteiger partial charge in [0.05, 0.1) is 17.9 Å². The molecule has 1 aromatic carbocycles. The second-order valence-corrected chi connectivity index (χ2v) is 7.99. The number of carbonyl (C=O) groups is 1. The van der Waals surface area contributed by atoms with Crippen LogP contribution in [0, 0.1) is 0 Å². The maximum absolute atomic E-state index is 12.7. The van der Waals surface area contributed by atoms with E-state index in [1.54, 1.807) is 5.01 Å². The third-order valence-corrected chi connectivity index (χ3v) is 5.55. The first-order valence-corrected chi connectivity index (χ1v) is 8.78. The molecule has 0 saturated carbocycles. The monoisotopic (exact) mass is 345 g/mol. The molecule has 0 aliphatic carbocycles. The zero-order valence-electron chi connectivity index (χ0n) is 16.1. The summed E-state index contributed by atoms with van der Waals surface area (Å²) in [7, 11) is 3.47. The number of carbonyl (C=O) groups excluding carboxylic acids is 1. The topological polar surface area (TPSA) is 45.2 Å². The minimum atomic E-state index is -0.404. The first kappa shape index (κ1) is 18.4. The Kier molecular flexibility index (Phi) is 4.70. The van der Waals surface area contributed by atoms with E-state index in [9.17, 15) is 4.79 Å². The van der Waals surface area contributed by atoms with Crippen molar-refractivity contribution < 1.29 is 14.1 Å². The van der Waals surface area contributed by atoms with Crippen LogP contribution in [0.4, 0.5) is 0 Å². The van der Waals surface area contributed by atoms with Crippen molar-refractivity contribution in [1.29, 1.82) is 0 Å². The van der Waals surface area contributed by atoms with E-state index in [2.05, 4.69) is 11.9 Å². The summed E-state index contributed by atoms with van der Waals surface area (Å²) in [5.41, 5.74) is 0.860. The molecule has 3 rings (SSSR count). The van der Waals surface area contributed by atoms with Crippen molar-refractivity contribution in [3.63, 3.8) is 0 Å². The van der Waals surface area contributed by atoms with E-state index in [0.29, 0.717) is 5.56 Å². The first-order chi connectivity index (χ1) is 11.6. The fraction of sp³-hybridized carbons (Fsp3) is 0.611. The fourth-order valence-electron chi connectivity index (χ4n) is 3.03. The Labute approximate surface area is 150 Å². The van der Waals surface area contributed by atoms with Crippen LogP contribution in [0.15, 0.2) is 24.3 Å². The number of rotatable bonds is 3. The van der Waals surface area contributed by atoms with Gasteiger partial charge in [0.1, 0.15) is 0 Å². The molecule has 0 radical (unpaired) electrons. The van der Waals surface area contributed by atoms with E-state index in [0.717, 1.165) is 25.2 Å². The van der Waals surface area contributed by atoms with Crippen molar-refractivity contribution >= 4 is 18.5 Å². The van der Waals surface area contributed by atoms with Crippen molar-refractivity contribution in [3.8, 4) is 0 Å². The molecule has 1 aromatic rings. The van der Waals surface area contributed by atoms with Crippen LogP contribution in [-0.2, 0) is 9.31 Å². The Morgan fingerprint density at radius 3 is 2.12 bits per heavy atom. The molecule has 25 heavy (non-hydrogen) atoms. The number of hydrazine groups is 1. The lowest BCUT2D eigenvalue weighted by molar-refractivity contribution is 0.00578. The molecular weight excluding hydrogens is 317 g/mol. The van der Waals surface area contributed by atoms with Gasteiger partial charge in [-0.3, -0.25) is 14.7 Å². The summed E-state index contributed by atoms with van der Waals surface area (Å²) < 4.78 is 12.1. The lowest BCUT2D eigenvalue weighted by atomic mass is 9.79. The zero-order chi connectivity index (χ0) is 18.4. The predicted octanol–water partition coefficient (Wildman–Crippen LogP) is 1.18. The Hall–Kier alpha value is -1.41. The molecule has 6 nitrogen and oxygen atoms in total. The molecule has 0 atom stereocenters. The summed E-state index contributed by atoms with van der Waals surface area (Å²) in [5, 5.41) is 3.75. The summed E-state index contributed by atoms with van der Waals surface area (Å²) in [6, 6.07) is 7.52. The predicted molar refractivity (Wildman–Crippen MR) is 98.5 cm³/mol. The van der Waals surface area contributed by atoms with Gasteiger partial charge in [0.2, 0.25) is 0 Å². The first-order valence-electron chi connectivity index (χ1n) is 8.78. The number of hydrogen-bond donors (Lipinski definition) is 0. The summed E-state index contributed by atoms with van der Waals surface area (Å²) in [5.74, 6) is -0.00392. The van der Waals surface area contributed by atoms with Gasteiger partial charge < -0.3 is 9.31 Å². The van der Waals surface area contributed by atoms with Gasteiger partial charge in [-0.15, -0.1) is 0 Å². The van der Waals surface area contributed by atoms with Gasteiger partial charge in [-0.2, -0.15) is 0 Å². The molecule has 2 heterocycles.